The van der Waals surface area contributed by atoms with E-state index in [0.717, 1.165) is 5.89 Å². The first-order valence-corrected chi connectivity index (χ1v) is 3.75. The van der Waals surface area contributed by atoms with Crippen LogP contribution < -0.4 is 0 Å². The molecule has 0 aliphatic heterocycles. The van der Waals surface area contributed by atoms with Crippen LogP contribution in [0.1, 0.15) is 33.6 Å². The topological polar surface area (TPSA) is 26.0 Å². The molecule has 2 heteroatoms. The third-order valence-electron chi connectivity index (χ3n) is 0.556. The van der Waals surface area contributed by atoms with Crippen molar-refractivity contribution in [1.82, 2.24) is 4.98 Å². The van der Waals surface area contributed by atoms with Gasteiger partial charge in [-0.3, -0.25) is 0 Å². The van der Waals surface area contributed by atoms with E-state index in [2.05, 4.69) is 4.98 Å². The second-order valence-corrected chi connectivity index (χ2v) is 1.05. The summed E-state index contributed by atoms with van der Waals surface area (Å²) in [6, 6.07) is 0. The first kappa shape index (κ1) is 11.9. The van der Waals surface area contributed by atoms with E-state index in [4.69, 9.17) is 4.42 Å². The molecule has 0 amide bonds. The summed E-state index contributed by atoms with van der Waals surface area (Å²) in [6.07, 6.45) is 3.17. The molecular weight excluding hydrogens is 126 g/mol. The molecule has 0 atom stereocenters. The summed E-state index contributed by atoms with van der Waals surface area (Å²) in [7, 11) is 0. The van der Waals surface area contributed by atoms with E-state index in [1.807, 2.05) is 27.7 Å². The van der Waals surface area contributed by atoms with Crippen LogP contribution in [0.5, 0.6) is 0 Å². The van der Waals surface area contributed by atoms with E-state index >= 15 is 0 Å². The molecule has 0 aromatic carbocycles. The molecule has 0 fully saturated rings. The number of nitrogens with zero attached hydrogens (tertiary/aromatic N) is 1. The molecule has 60 valence electrons. The van der Waals surface area contributed by atoms with Gasteiger partial charge in [0.1, 0.15) is 6.26 Å². The third kappa shape index (κ3) is 7.21. The Kier molecular flexibility index (Phi) is 13.2. The standard InChI is InChI=1S/C4H5NO.2C2H6/c1-4-5-2-3-6-4;2*1-2/h2-3H,1H3;2*1-2H3. The number of oxazole rings is 1. The van der Waals surface area contributed by atoms with Gasteiger partial charge in [-0.1, -0.05) is 27.7 Å². The zero-order chi connectivity index (χ0) is 8.41. The van der Waals surface area contributed by atoms with E-state index < -0.39 is 0 Å². The van der Waals surface area contributed by atoms with Crippen molar-refractivity contribution in [3.05, 3.63) is 18.4 Å². The van der Waals surface area contributed by atoms with Crippen molar-refractivity contribution < 1.29 is 4.42 Å². The van der Waals surface area contributed by atoms with Crippen LogP contribution in [0.25, 0.3) is 0 Å². The van der Waals surface area contributed by atoms with E-state index in [1.54, 1.807) is 19.4 Å². The predicted molar refractivity (Wildman–Crippen MR) is 43.9 cm³/mol. The lowest BCUT2D eigenvalue weighted by Gasteiger charge is -1.67. The van der Waals surface area contributed by atoms with Gasteiger partial charge < -0.3 is 4.42 Å². The van der Waals surface area contributed by atoms with E-state index in [1.165, 1.54) is 0 Å². The van der Waals surface area contributed by atoms with Crippen LogP contribution in [0.3, 0.4) is 0 Å². The highest BCUT2D eigenvalue weighted by molar-refractivity contribution is 4.72. The fourth-order valence-electron chi connectivity index (χ4n) is 0.295. The zero-order valence-electron chi connectivity index (χ0n) is 7.51. The van der Waals surface area contributed by atoms with Crippen molar-refractivity contribution in [2.75, 3.05) is 0 Å². The predicted octanol–water partition coefficient (Wildman–Crippen LogP) is 3.04. The van der Waals surface area contributed by atoms with Gasteiger partial charge in [-0.25, -0.2) is 4.98 Å². The van der Waals surface area contributed by atoms with Crippen molar-refractivity contribution in [3.8, 4) is 0 Å². The van der Waals surface area contributed by atoms with Crippen molar-refractivity contribution in [2.45, 2.75) is 34.6 Å². The molecule has 0 radical (unpaired) electrons. The average molecular weight is 143 g/mol. The minimum atomic E-state index is 0.718. The second kappa shape index (κ2) is 11.1. The Balaban J connectivity index is 0. The molecule has 0 aliphatic carbocycles. The monoisotopic (exact) mass is 143 g/mol. The largest absolute Gasteiger partial charge is 0.449 e. The van der Waals surface area contributed by atoms with Crippen molar-refractivity contribution >= 4 is 0 Å². The highest BCUT2D eigenvalue weighted by atomic mass is 16.3. The SMILES string of the molecule is CC.CC.Cc1ncco1. The Labute approximate surface area is 63.3 Å². The van der Waals surface area contributed by atoms with E-state index in [9.17, 15) is 0 Å². The number of hydrogen-bond acceptors (Lipinski definition) is 2. The van der Waals surface area contributed by atoms with Gasteiger partial charge in [-0.05, 0) is 0 Å². The minimum Gasteiger partial charge on any atom is -0.449 e. The molecule has 0 saturated carbocycles. The molecule has 10 heavy (non-hydrogen) atoms. The van der Waals surface area contributed by atoms with Crippen LogP contribution in [-0.4, -0.2) is 4.98 Å². The number of aromatic nitrogens is 1. The van der Waals surface area contributed by atoms with Gasteiger partial charge >= 0.3 is 0 Å². The molecule has 0 bridgehead atoms. The smallest absolute Gasteiger partial charge is 0.190 e. The number of rotatable bonds is 0. The molecule has 0 unspecified atom stereocenters. The summed E-state index contributed by atoms with van der Waals surface area (Å²) in [4.78, 5) is 3.75. The Morgan fingerprint density at radius 3 is 1.80 bits per heavy atom. The van der Waals surface area contributed by atoms with Gasteiger partial charge in [0.15, 0.2) is 5.89 Å². The molecule has 1 aromatic rings. The maximum atomic E-state index is 4.72. The Morgan fingerprint density at radius 2 is 1.70 bits per heavy atom. The fraction of sp³-hybridized carbons (Fsp3) is 0.625. The summed E-state index contributed by atoms with van der Waals surface area (Å²) in [5.74, 6) is 0.718. The normalized spacial score (nSPS) is 6.50. The summed E-state index contributed by atoms with van der Waals surface area (Å²) in [6.45, 7) is 9.81. The lowest BCUT2D eigenvalue weighted by atomic mass is 10.8. The molecule has 1 heterocycles. The second-order valence-electron chi connectivity index (χ2n) is 1.05. The summed E-state index contributed by atoms with van der Waals surface area (Å²) in [5, 5.41) is 0. The van der Waals surface area contributed by atoms with Crippen LogP contribution in [0.2, 0.25) is 0 Å². The average Bonchev–Trinajstić information content (AvgIpc) is 2.48. The highest BCUT2D eigenvalue weighted by Gasteiger charge is 1.77. The minimum absolute atomic E-state index is 0.718. The number of hydrogen-bond donors (Lipinski definition) is 0. The molecule has 0 spiro atoms. The summed E-state index contributed by atoms with van der Waals surface area (Å²) < 4.78 is 4.72. The molecular formula is C8H17NO. The molecule has 0 N–H and O–H groups in total. The number of aryl methyl sites for hydroxylation is 1. The van der Waals surface area contributed by atoms with Crippen LogP contribution in [0.15, 0.2) is 16.9 Å². The first-order chi connectivity index (χ1) is 4.89. The molecule has 0 saturated heterocycles. The van der Waals surface area contributed by atoms with Crippen molar-refractivity contribution in [1.29, 1.82) is 0 Å². The van der Waals surface area contributed by atoms with Gasteiger partial charge in [0.05, 0.1) is 6.20 Å². The van der Waals surface area contributed by atoms with Crippen LogP contribution in [0.4, 0.5) is 0 Å². The third-order valence-corrected chi connectivity index (χ3v) is 0.556. The Morgan fingerprint density at radius 1 is 1.20 bits per heavy atom. The van der Waals surface area contributed by atoms with Crippen LogP contribution >= 0.6 is 0 Å². The molecule has 1 aromatic heterocycles. The van der Waals surface area contributed by atoms with Gasteiger partial charge in [0, 0.05) is 6.92 Å². The fourth-order valence-corrected chi connectivity index (χ4v) is 0.295. The van der Waals surface area contributed by atoms with Crippen LogP contribution in [0, 0.1) is 6.92 Å². The highest BCUT2D eigenvalue weighted by Crippen LogP contribution is 1.86. The van der Waals surface area contributed by atoms with Crippen LogP contribution in [-0.2, 0) is 0 Å². The van der Waals surface area contributed by atoms with Gasteiger partial charge in [0.2, 0.25) is 0 Å². The van der Waals surface area contributed by atoms with E-state index in [-0.39, 0.29) is 0 Å². The van der Waals surface area contributed by atoms with Gasteiger partial charge in [-0.15, -0.1) is 0 Å². The molecule has 1 rings (SSSR count). The van der Waals surface area contributed by atoms with Crippen molar-refractivity contribution in [2.24, 2.45) is 0 Å². The molecule has 0 aliphatic rings. The maximum Gasteiger partial charge on any atom is 0.190 e. The quantitative estimate of drug-likeness (QED) is 0.558. The van der Waals surface area contributed by atoms with E-state index in [0.29, 0.717) is 0 Å². The Hall–Kier alpha value is -0.790. The lowest BCUT2D eigenvalue weighted by molar-refractivity contribution is 0.521. The lowest BCUT2D eigenvalue weighted by Crippen LogP contribution is -1.59. The van der Waals surface area contributed by atoms with Gasteiger partial charge in [-0.2, -0.15) is 0 Å². The first-order valence-electron chi connectivity index (χ1n) is 3.75. The summed E-state index contributed by atoms with van der Waals surface area (Å²) in [5.41, 5.74) is 0. The maximum absolute atomic E-state index is 4.72. The summed E-state index contributed by atoms with van der Waals surface area (Å²) >= 11 is 0. The molecule has 2 nitrogen and oxygen atoms in total. The Bertz CT molecular complexity index is 113. The zero-order valence-corrected chi connectivity index (χ0v) is 7.51. The van der Waals surface area contributed by atoms with Gasteiger partial charge in [0.25, 0.3) is 0 Å². The van der Waals surface area contributed by atoms with Crippen molar-refractivity contribution in [3.63, 3.8) is 0 Å².